The SMILES string of the molecule is COC(=O)c1ccc(CON=C(C)c2cccc(C3=N[C@@H]4CCCC[C@@H]4c4cc(OC)c(OC)cc43)c2)cc1. The molecule has 202 valence electrons. The molecule has 0 N–H and O–H groups in total. The van der Waals surface area contributed by atoms with Crippen LogP contribution in [0.4, 0.5) is 0 Å². The number of aliphatic imine (C=N–C) groups is 1. The molecule has 39 heavy (non-hydrogen) atoms. The number of hydrogen-bond donors (Lipinski definition) is 0. The van der Waals surface area contributed by atoms with Gasteiger partial charge in [0.25, 0.3) is 0 Å². The molecule has 7 heteroatoms. The van der Waals surface area contributed by atoms with Crippen molar-refractivity contribution in [3.8, 4) is 11.5 Å². The van der Waals surface area contributed by atoms with E-state index < -0.39 is 0 Å². The number of methoxy groups -OCH3 is 3. The first kappa shape index (κ1) is 26.5. The fourth-order valence-electron chi connectivity index (χ4n) is 5.50. The highest BCUT2D eigenvalue weighted by molar-refractivity contribution is 6.16. The maximum Gasteiger partial charge on any atom is 0.337 e. The minimum Gasteiger partial charge on any atom is -0.493 e. The van der Waals surface area contributed by atoms with E-state index >= 15 is 0 Å². The Morgan fingerprint density at radius 2 is 1.67 bits per heavy atom. The van der Waals surface area contributed by atoms with E-state index in [9.17, 15) is 4.79 Å². The monoisotopic (exact) mass is 526 g/mol. The number of oxime groups is 1. The Kier molecular flexibility index (Phi) is 7.96. The molecule has 1 aliphatic heterocycles. The standard InChI is InChI=1S/C32H34N2O5/c1-20(34-39-19-21-12-14-22(15-13-21)32(35)38-4)23-8-7-9-24(16-23)31-27-18-30(37-3)29(36-2)17-26(27)25-10-5-6-11-28(25)33-31/h7-9,12-18,25,28H,5-6,10-11,19H2,1-4H3/t25-,28-/m1/s1. The Bertz CT molecular complexity index is 1410. The first-order chi connectivity index (χ1) is 19.0. The second-order valence-corrected chi connectivity index (χ2v) is 9.95. The first-order valence-electron chi connectivity index (χ1n) is 13.3. The first-order valence-corrected chi connectivity index (χ1v) is 13.3. The largest absolute Gasteiger partial charge is 0.493 e. The number of carbonyl (C=O) groups is 1. The van der Waals surface area contributed by atoms with Crippen molar-refractivity contribution in [1.82, 2.24) is 0 Å². The number of esters is 1. The average Bonchev–Trinajstić information content (AvgIpc) is 2.99. The average molecular weight is 527 g/mol. The highest BCUT2D eigenvalue weighted by atomic mass is 16.6. The Labute approximate surface area is 229 Å². The van der Waals surface area contributed by atoms with Gasteiger partial charge in [0.05, 0.1) is 44.4 Å². The zero-order chi connectivity index (χ0) is 27.4. The summed E-state index contributed by atoms with van der Waals surface area (Å²) in [6, 6.07) is 19.9. The van der Waals surface area contributed by atoms with E-state index in [1.54, 1.807) is 26.4 Å². The molecule has 0 radical (unpaired) electrons. The zero-order valence-electron chi connectivity index (χ0n) is 22.9. The zero-order valence-corrected chi connectivity index (χ0v) is 22.9. The van der Waals surface area contributed by atoms with Crippen LogP contribution in [0, 0.1) is 0 Å². The summed E-state index contributed by atoms with van der Waals surface area (Å²) >= 11 is 0. The van der Waals surface area contributed by atoms with Crippen LogP contribution in [0.25, 0.3) is 0 Å². The van der Waals surface area contributed by atoms with E-state index in [-0.39, 0.29) is 12.0 Å². The van der Waals surface area contributed by atoms with Crippen molar-refractivity contribution >= 4 is 17.4 Å². The van der Waals surface area contributed by atoms with Gasteiger partial charge in [0, 0.05) is 17.0 Å². The van der Waals surface area contributed by atoms with E-state index in [0.717, 1.165) is 52.3 Å². The molecule has 7 nitrogen and oxygen atoms in total. The smallest absolute Gasteiger partial charge is 0.337 e. The number of benzene rings is 3. The van der Waals surface area contributed by atoms with E-state index in [4.69, 9.17) is 24.0 Å². The topological polar surface area (TPSA) is 78.7 Å². The molecule has 1 fully saturated rings. The predicted molar refractivity (Wildman–Crippen MR) is 151 cm³/mol. The van der Waals surface area contributed by atoms with Crippen LogP contribution in [-0.4, -0.2) is 44.8 Å². The van der Waals surface area contributed by atoms with Crippen molar-refractivity contribution in [3.05, 3.63) is 94.0 Å². The molecular formula is C32H34N2O5. The van der Waals surface area contributed by atoms with Crippen LogP contribution >= 0.6 is 0 Å². The lowest BCUT2D eigenvalue weighted by molar-refractivity contribution is 0.0600. The number of fused-ring (bicyclic) bond motifs is 3. The van der Waals surface area contributed by atoms with Crippen molar-refractivity contribution in [2.75, 3.05) is 21.3 Å². The fraction of sp³-hybridized carbons (Fsp3) is 0.344. The number of hydrogen-bond acceptors (Lipinski definition) is 7. The van der Waals surface area contributed by atoms with Crippen LogP contribution in [-0.2, 0) is 16.2 Å². The fourth-order valence-corrected chi connectivity index (χ4v) is 5.50. The summed E-state index contributed by atoms with van der Waals surface area (Å²) in [6.45, 7) is 2.23. The molecule has 2 atom stereocenters. The van der Waals surface area contributed by atoms with E-state index in [0.29, 0.717) is 23.8 Å². The summed E-state index contributed by atoms with van der Waals surface area (Å²) in [7, 11) is 4.72. The minimum atomic E-state index is -0.363. The van der Waals surface area contributed by atoms with Gasteiger partial charge in [-0.3, -0.25) is 4.99 Å². The van der Waals surface area contributed by atoms with E-state index in [2.05, 4.69) is 29.4 Å². The van der Waals surface area contributed by atoms with Gasteiger partial charge in [0.15, 0.2) is 11.5 Å². The molecule has 0 spiro atoms. The van der Waals surface area contributed by atoms with Crippen molar-refractivity contribution in [2.45, 2.75) is 51.2 Å². The lowest BCUT2D eigenvalue weighted by atomic mass is 9.75. The third-order valence-corrected chi connectivity index (χ3v) is 7.60. The highest BCUT2D eigenvalue weighted by Crippen LogP contribution is 2.44. The maximum absolute atomic E-state index is 11.6. The Hall–Kier alpha value is -4.13. The predicted octanol–water partition coefficient (Wildman–Crippen LogP) is 6.31. The van der Waals surface area contributed by atoms with Gasteiger partial charge in [-0.25, -0.2) is 4.79 Å². The van der Waals surface area contributed by atoms with Crippen molar-refractivity contribution < 1.29 is 23.8 Å². The number of carbonyl (C=O) groups excluding carboxylic acids is 1. The van der Waals surface area contributed by atoms with Gasteiger partial charge in [-0.1, -0.05) is 48.3 Å². The minimum absolute atomic E-state index is 0.270. The second kappa shape index (κ2) is 11.7. The molecule has 0 unspecified atom stereocenters. The molecule has 5 rings (SSSR count). The molecule has 1 saturated carbocycles. The van der Waals surface area contributed by atoms with Crippen LogP contribution in [0.15, 0.2) is 70.8 Å². The summed E-state index contributed by atoms with van der Waals surface area (Å²) in [5.41, 5.74) is 7.56. The van der Waals surface area contributed by atoms with E-state index in [1.165, 1.54) is 25.5 Å². The normalized spacial score (nSPS) is 18.4. The van der Waals surface area contributed by atoms with Crippen LogP contribution in [0.2, 0.25) is 0 Å². The second-order valence-electron chi connectivity index (χ2n) is 9.95. The molecule has 2 aliphatic rings. The highest BCUT2D eigenvalue weighted by Gasteiger charge is 2.34. The molecule has 1 aliphatic carbocycles. The van der Waals surface area contributed by atoms with Gasteiger partial charge in [-0.15, -0.1) is 0 Å². The quantitative estimate of drug-likeness (QED) is 0.195. The lowest BCUT2D eigenvalue weighted by Gasteiger charge is -2.35. The third kappa shape index (κ3) is 5.53. The van der Waals surface area contributed by atoms with Gasteiger partial charge in [0.2, 0.25) is 0 Å². The van der Waals surface area contributed by atoms with Gasteiger partial charge < -0.3 is 19.0 Å². The molecule has 3 aromatic carbocycles. The Morgan fingerprint density at radius 1 is 0.923 bits per heavy atom. The maximum atomic E-state index is 11.6. The van der Waals surface area contributed by atoms with Crippen LogP contribution in [0.5, 0.6) is 11.5 Å². The molecule has 0 amide bonds. The molecular weight excluding hydrogens is 492 g/mol. The summed E-state index contributed by atoms with van der Waals surface area (Å²) in [5.74, 6) is 1.51. The molecule has 0 bridgehead atoms. The van der Waals surface area contributed by atoms with Crippen molar-refractivity contribution in [1.29, 1.82) is 0 Å². The van der Waals surface area contributed by atoms with Crippen LogP contribution in [0.3, 0.4) is 0 Å². The summed E-state index contributed by atoms with van der Waals surface area (Å²) in [6.07, 6.45) is 4.66. The van der Waals surface area contributed by atoms with Gasteiger partial charge in [-0.2, -0.15) is 0 Å². The van der Waals surface area contributed by atoms with Crippen molar-refractivity contribution in [2.24, 2.45) is 10.1 Å². The Morgan fingerprint density at radius 3 is 2.41 bits per heavy atom. The van der Waals surface area contributed by atoms with Crippen molar-refractivity contribution in [3.63, 3.8) is 0 Å². The Balaban J connectivity index is 1.40. The summed E-state index contributed by atoms with van der Waals surface area (Å²) in [5, 5.41) is 4.36. The van der Waals surface area contributed by atoms with Gasteiger partial charge in [-0.05, 0) is 66.8 Å². The molecule has 1 heterocycles. The molecule has 0 aromatic heterocycles. The van der Waals surface area contributed by atoms with Crippen LogP contribution in [0.1, 0.15) is 76.7 Å². The van der Waals surface area contributed by atoms with Gasteiger partial charge in [0.1, 0.15) is 6.61 Å². The summed E-state index contributed by atoms with van der Waals surface area (Å²) < 4.78 is 16.0. The molecule has 0 saturated heterocycles. The lowest BCUT2D eigenvalue weighted by Crippen LogP contribution is -2.29. The van der Waals surface area contributed by atoms with E-state index in [1.807, 2.05) is 31.2 Å². The third-order valence-electron chi connectivity index (χ3n) is 7.60. The number of nitrogens with zero attached hydrogens (tertiary/aromatic N) is 2. The summed E-state index contributed by atoms with van der Waals surface area (Å²) in [4.78, 5) is 22.6. The van der Waals surface area contributed by atoms with Gasteiger partial charge >= 0.3 is 5.97 Å². The molecule has 3 aromatic rings. The van der Waals surface area contributed by atoms with Crippen LogP contribution < -0.4 is 9.47 Å². The number of rotatable bonds is 8. The number of ether oxygens (including phenoxy) is 3.